The maximum atomic E-state index is 12.0. The van der Waals surface area contributed by atoms with Gasteiger partial charge in [-0.05, 0) is 12.5 Å². The van der Waals surface area contributed by atoms with Crippen molar-refractivity contribution in [2.75, 3.05) is 6.61 Å². The van der Waals surface area contributed by atoms with Crippen LogP contribution in [0.25, 0.3) is 0 Å². The second kappa shape index (κ2) is 4.32. The van der Waals surface area contributed by atoms with E-state index < -0.39 is 4.33 Å². The van der Waals surface area contributed by atoms with Crippen LogP contribution in [0.4, 0.5) is 0 Å². The lowest BCUT2D eigenvalue weighted by Gasteiger charge is -2.26. The number of para-hydroxylation sites is 1. The molecule has 2 aliphatic rings. The zero-order valence-corrected chi connectivity index (χ0v) is 11.2. The van der Waals surface area contributed by atoms with Crippen LogP contribution in [0.1, 0.15) is 24.4 Å². The topological polar surface area (TPSA) is 38.3 Å². The fraction of sp³-hybridized carbons (Fsp3) is 0.462. The molecule has 5 heteroatoms. The molecule has 96 valence electrons. The third-order valence-corrected chi connectivity index (χ3v) is 4.25. The van der Waals surface area contributed by atoms with Crippen LogP contribution in [0, 0.1) is 5.92 Å². The third-order valence-electron chi connectivity index (χ3n) is 3.42. The SMILES string of the molecule is O=C(N[C@H]1CCOc2ccccc21)[C@@H]1CC1(Cl)Cl. The molecular weight excluding hydrogens is 273 g/mol. The molecule has 0 radical (unpaired) electrons. The average Bonchev–Trinajstić information content (AvgIpc) is 2.99. The zero-order valence-electron chi connectivity index (χ0n) is 9.66. The van der Waals surface area contributed by atoms with Gasteiger partial charge in [-0.1, -0.05) is 18.2 Å². The Bertz CT molecular complexity index is 490. The highest BCUT2D eigenvalue weighted by atomic mass is 35.5. The van der Waals surface area contributed by atoms with Gasteiger partial charge in [0, 0.05) is 12.0 Å². The van der Waals surface area contributed by atoms with Crippen LogP contribution >= 0.6 is 23.2 Å². The van der Waals surface area contributed by atoms with Gasteiger partial charge in [0.15, 0.2) is 0 Å². The first-order chi connectivity index (χ1) is 8.58. The Labute approximate surface area is 115 Å². The first-order valence-electron chi connectivity index (χ1n) is 5.98. The number of fused-ring (bicyclic) bond motifs is 1. The fourth-order valence-corrected chi connectivity index (χ4v) is 2.77. The molecule has 0 spiro atoms. The highest BCUT2D eigenvalue weighted by Crippen LogP contribution is 2.53. The number of carbonyl (C=O) groups excluding carboxylic acids is 1. The number of carbonyl (C=O) groups is 1. The molecule has 3 nitrogen and oxygen atoms in total. The standard InChI is InChI=1S/C13H13Cl2NO2/c14-13(15)7-9(13)12(17)16-10-5-6-18-11-4-2-1-3-8(10)11/h1-4,9-10H,5-7H2,(H,16,17)/t9-,10-/m0/s1. The largest absolute Gasteiger partial charge is 0.493 e. The second-order valence-corrected chi connectivity index (χ2v) is 6.30. The Morgan fingerprint density at radius 3 is 2.83 bits per heavy atom. The Hall–Kier alpha value is -0.930. The minimum atomic E-state index is -0.866. The number of ether oxygens (including phenoxy) is 1. The van der Waals surface area contributed by atoms with Gasteiger partial charge in [0.1, 0.15) is 10.1 Å². The summed E-state index contributed by atoms with van der Waals surface area (Å²) >= 11 is 11.8. The van der Waals surface area contributed by atoms with E-state index in [2.05, 4.69) is 5.32 Å². The van der Waals surface area contributed by atoms with Crippen LogP contribution in [0.15, 0.2) is 24.3 Å². The van der Waals surface area contributed by atoms with E-state index in [0.717, 1.165) is 17.7 Å². The summed E-state index contributed by atoms with van der Waals surface area (Å²) in [5.41, 5.74) is 1.02. The molecule has 0 aromatic heterocycles. The van der Waals surface area contributed by atoms with Crippen LogP contribution in [-0.2, 0) is 4.79 Å². The number of hydrogen-bond acceptors (Lipinski definition) is 2. The number of rotatable bonds is 2. The number of hydrogen-bond donors (Lipinski definition) is 1. The van der Waals surface area contributed by atoms with Gasteiger partial charge in [0.05, 0.1) is 18.6 Å². The van der Waals surface area contributed by atoms with Gasteiger partial charge in [-0.25, -0.2) is 0 Å². The molecule has 18 heavy (non-hydrogen) atoms. The van der Waals surface area contributed by atoms with Crippen molar-refractivity contribution >= 4 is 29.1 Å². The number of benzene rings is 1. The van der Waals surface area contributed by atoms with E-state index in [1.54, 1.807) is 0 Å². The molecule has 1 amide bonds. The van der Waals surface area contributed by atoms with Crippen LogP contribution in [0.5, 0.6) is 5.75 Å². The fourth-order valence-electron chi connectivity index (χ4n) is 2.26. The number of halogens is 2. The molecule has 1 heterocycles. The molecule has 0 saturated heterocycles. The lowest BCUT2D eigenvalue weighted by Crippen LogP contribution is -2.34. The maximum Gasteiger partial charge on any atom is 0.226 e. The van der Waals surface area contributed by atoms with E-state index in [4.69, 9.17) is 27.9 Å². The van der Waals surface area contributed by atoms with E-state index in [1.807, 2.05) is 24.3 Å². The molecule has 1 aromatic carbocycles. The lowest BCUT2D eigenvalue weighted by atomic mass is 10.0. The molecule has 1 saturated carbocycles. The van der Waals surface area contributed by atoms with E-state index in [9.17, 15) is 4.79 Å². The van der Waals surface area contributed by atoms with Gasteiger partial charge in [-0.15, -0.1) is 23.2 Å². The summed E-state index contributed by atoms with van der Waals surface area (Å²) < 4.78 is 4.68. The lowest BCUT2D eigenvalue weighted by molar-refractivity contribution is -0.123. The van der Waals surface area contributed by atoms with E-state index in [-0.39, 0.29) is 17.9 Å². The number of nitrogens with one attached hydrogen (secondary N) is 1. The van der Waals surface area contributed by atoms with E-state index >= 15 is 0 Å². The zero-order chi connectivity index (χ0) is 12.8. The molecule has 1 aromatic rings. The van der Waals surface area contributed by atoms with Crippen LogP contribution in [0.3, 0.4) is 0 Å². The van der Waals surface area contributed by atoms with Gasteiger partial charge >= 0.3 is 0 Å². The van der Waals surface area contributed by atoms with Crippen molar-refractivity contribution in [2.45, 2.75) is 23.2 Å². The maximum absolute atomic E-state index is 12.0. The number of alkyl halides is 2. The van der Waals surface area contributed by atoms with Crippen molar-refractivity contribution in [1.29, 1.82) is 0 Å². The smallest absolute Gasteiger partial charge is 0.226 e. The Morgan fingerprint density at radius 2 is 2.11 bits per heavy atom. The van der Waals surface area contributed by atoms with Crippen molar-refractivity contribution in [3.63, 3.8) is 0 Å². The highest BCUT2D eigenvalue weighted by molar-refractivity contribution is 6.52. The molecule has 3 rings (SSSR count). The summed E-state index contributed by atoms with van der Waals surface area (Å²) in [5.74, 6) is 0.491. The molecular formula is C13H13Cl2NO2. The van der Waals surface area contributed by atoms with Gasteiger partial charge in [0.2, 0.25) is 5.91 Å². The molecule has 1 aliphatic carbocycles. The highest BCUT2D eigenvalue weighted by Gasteiger charge is 2.56. The summed E-state index contributed by atoms with van der Waals surface area (Å²) in [6, 6.07) is 7.75. The summed E-state index contributed by atoms with van der Waals surface area (Å²) in [6.07, 6.45) is 1.31. The minimum Gasteiger partial charge on any atom is -0.493 e. The Kier molecular flexibility index (Phi) is 2.91. The summed E-state index contributed by atoms with van der Waals surface area (Å²) in [5, 5.41) is 3.00. The predicted octanol–water partition coefficient (Wildman–Crippen LogP) is 2.82. The molecule has 2 atom stereocenters. The van der Waals surface area contributed by atoms with Gasteiger partial charge in [-0.3, -0.25) is 4.79 Å². The quantitative estimate of drug-likeness (QED) is 0.849. The average molecular weight is 286 g/mol. The summed E-state index contributed by atoms with van der Waals surface area (Å²) in [4.78, 5) is 12.0. The van der Waals surface area contributed by atoms with Crippen molar-refractivity contribution < 1.29 is 9.53 Å². The predicted molar refractivity (Wildman–Crippen MR) is 70.0 cm³/mol. The minimum absolute atomic E-state index is 0.00724. The van der Waals surface area contributed by atoms with Gasteiger partial charge < -0.3 is 10.1 Å². The van der Waals surface area contributed by atoms with Crippen molar-refractivity contribution in [1.82, 2.24) is 5.32 Å². The van der Waals surface area contributed by atoms with Crippen LogP contribution in [0.2, 0.25) is 0 Å². The van der Waals surface area contributed by atoms with E-state index in [1.165, 1.54) is 0 Å². The molecule has 1 aliphatic heterocycles. The van der Waals surface area contributed by atoms with Gasteiger partial charge in [-0.2, -0.15) is 0 Å². The molecule has 1 N–H and O–H groups in total. The van der Waals surface area contributed by atoms with Gasteiger partial charge in [0.25, 0.3) is 0 Å². The van der Waals surface area contributed by atoms with Crippen molar-refractivity contribution in [3.8, 4) is 5.75 Å². The normalized spacial score (nSPS) is 27.9. The monoisotopic (exact) mass is 285 g/mol. The molecule has 0 bridgehead atoms. The van der Waals surface area contributed by atoms with Crippen LogP contribution in [-0.4, -0.2) is 16.8 Å². The molecule has 1 fully saturated rings. The van der Waals surface area contributed by atoms with Crippen molar-refractivity contribution in [3.05, 3.63) is 29.8 Å². The summed E-state index contributed by atoms with van der Waals surface area (Å²) in [6.45, 7) is 0.611. The molecule has 0 unspecified atom stereocenters. The third kappa shape index (κ3) is 2.17. The Morgan fingerprint density at radius 1 is 1.39 bits per heavy atom. The first kappa shape index (κ1) is 12.1. The second-order valence-electron chi connectivity index (χ2n) is 4.75. The van der Waals surface area contributed by atoms with E-state index in [0.29, 0.717) is 13.0 Å². The Balaban J connectivity index is 1.73. The number of amides is 1. The van der Waals surface area contributed by atoms with Crippen LogP contribution < -0.4 is 10.1 Å². The van der Waals surface area contributed by atoms with Crippen molar-refractivity contribution in [2.24, 2.45) is 5.92 Å². The summed E-state index contributed by atoms with van der Waals surface area (Å²) in [7, 11) is 0. The first-order valence-corrected chi connectivity index (χ1v) is 6.73.